The van der Waals surface area contributed by atoms with E-state index in [4.69, 9.17) is 11.6 Å². The van der Waals surface area contributed by atoms with Gasteiger partial charge < -0.3 is 4.90 Å². The standard InChI is InChI=1S/C14H11ClFNOS/c1-17(13-5-3-2-4-12(13)16)14(18)10-8-9(19)6-7-11(10)15/h2-8,19H,1H3. The molecule has 0 spiro atoms. The van der Waals surface area contributed by atoms with Gasteiger partial charge in [0.05, 0.1) is 16.3 Å². The zero-order chi connectivity index (χ0) is 14.0. The molecule has 0 radical (unpaired) electrons. The van der Waals surface area contributed by atoms with Crippen LogP contribution in [0.3, 0.4) is 0 Å². The molecule has 19 heavy (non-hydrogen) atoms. The first-order valence-electron chi connectivity index (χ1n) is 5.52. The van der Waals surface area contributed by atoms with Gasteiger partial charge in [0.15, 0.2) is 0 Å². The smallest absolute Gasteiger partial charge is 0.259 e. The maximum Gasteiger partial charge on any atom is 0.259 e. The molecule has 0 fully saturated rings. The number of carbonyl (C=O) groups is 1. The Kier molecular flexibility index (Phi) is 4.12. The van der Waals surface area contributed by atoms with Crippen LogP contribution in [0.1, 0.15) is 10.4 Å². The maximum atomic E-state index is 13.7. The number of nitrogens with zero attached hydrogens (tertiary/aromatic N) is 1. The summed E-state index contributed by atoms with van der Waals surface area (Å²) < 4.78 is 13.7. The van der Waals surface area contributed by atoms with Crippen molar-refractivity contribution in [2.45, 2.75) is 4.90 Å². The molecule has 0 saturated heterocycles. The summed E-state index contributed by atoms with van der Waals surface area (Å²) in [6.45, 7) is 0. The van der Waals surface area contributed by atoms with Gasteiger partial charge in [-0.3, -0.25) is 4.79 Å². The van der Waals surface area contributed by atoms with Crippen molar-refractivity contribution in [3.05, 3.63) is 58.9 Å². The topological polar surface area (TPSA) is 20.3 Å². The van der Waals surface area contributed by atoms with Gasteiger partial charge in [-0.15, -0.1) is 12.6 Å². The lowest BCUT2D eigenvalue weighted by Gasteiger charge is -2.18. The Bertz CT molecular complexity index is 633. The highest BCUT2D eigenvalue weighted by Gasteiger charge is 2.18. The van der Waals surface area contributed by atoms with Gasteiger partial charge in [0, 0.05) is 11.9 Å². The van der Waals surface area contributed by atoms with Crippen LogP contribution in [-0.2, 0) is 0 Å². The molecule has 2 rings (SSSR count). The summed E-state index contributed by atoms with van der Waals surface area (Å²) in [5.41, 5.74) is 0.494. The van der Waals surface area contributed by atoms with Gasteiger partial charge in [-0.2, -0.15) is 0 Å². The van der Waals surface area contributed by atoms with Gasteiger partial charge in [0.25, 0.3) is 5.91 Å². The summed E-state index contributed by atoms with van der Waals surface area (Å²) >= 11 is 10.2. The Morgan fingerprint density at radius 2 is 1.95 bits per heavy atom. The molecule has 5 heteroatoms. The van der Waals surface area contributed by atoms with Crippen molar-refractivity contribution in [1.29, 1.82) is 0 Å². The van der Waals surface area contributed by atoms with Crippen LogP contribution in [-0.4, -0.2) is 13.0 Å². The van der Waals surface area contributed by atoms with Crippen LogP contribution in [0.2, 0.25) is 5.02 Å². The number of rotatable bonds is 2. The first-order chi connectivity index (χ1) is 9.00. The van der Waals surface area contributed by atoms with Gasteiger partial charge in [-0.05, 0) is 30.3 Å². The Morgan fingerprint density at radius 1 is 1.26 bits per heavy atom. The van der Waals surface area contributed by atoms with Crippen molar-refractivity contribution in [2.24, 2.45) is 0 Å². The van der Waals surface area contributed by atoms with Crippen molar-refractivity contribution in [1.82, 2.24) is 0 Å². The largest absolute Gasteiger partial charge is 0.309 e. The summed E-state index contributed by atoms with van der Waals surface area (Å²) in [6.07, 6.45) is 0. The second kappa shape index (κ2) is 5.63. The van der Waals surface area contributed by atoms with Crippen LogP contribution in [0.25, 0.3) is 0 Å². The second-order valence-electron chi connectivity index (χ2n) is 3.98. The number of hydrogen-bond acceptors (Lipinski definition) is 2. The monoisotopic (exact) mass is 295 g/mol. The normalized spacial score (nSPS) is 10.3. The van der Waals surface area contributed by atoms with Crippen molar-refractivity contribution in [3.8, 4) is 0 Å². The predicted octanol–water partition coefficient (Wildman–Crippen LogP) is 4.04. The summed E-state index contributed by atoms with van der Waals surface area (Å²) in [7, 11) is 1.50. The van der Waals surface area contributed by atoms with Crippen LogP contribution in [0.5, 0.6) is 0 Å². The summed E-state index contributed by atoms with van der Waals surface area (Å²) in [6, 6.07) is 10.9. The van der Waals surface area contributed by atoms with Crippen molar-refractivity contribution in [2.75, 3.05) is 11.9 Å². The number of carbonyl (C=O) groups excluding carboxylic acids is 1. The predicted molar refractivity (Wildman–Crippen MR) is 77.8 cm³/mol. The van der Waals surface area contributed by atoms with Gasteiger partial charge in [0.1, 0.15) is 5.82 Å². The molecular weight excluding hydrogens is 285 g/mol. The molecule has 0 aliphatic carbocycles. The Hall–Kier alpha value is -1.52. The fraction of sp³-hybridized carbons (Fsp3) is 0.0714. The lowest BCUT2D eigenvalue weighted by molar-refractivity contribution is 0.0992. The Labute approximate surface area is 121 Å². The van der Waals surface area contributed by atoms with Gasteiger partial charge in [0.2, 0.25) is 0 Å². The highest BCUT2D eigenvalue weighted by molar-refractivity contribution is 7.80. The van der Waals surface area contributed by atoms with Crippen LogP contribution in [0.15, 0.2) is 47.4 Å². The average molecular weight is 296 g/mol. The molecule has 2 aromatic rings. The molecular formula is C14H11ClFNOS. The minimum absolute atomic E-state index is 0.202. The fourth-order valence-electron chi connectivity index (χ4n) is 1.69. The maximum absolute atomic E-state index is 13.7. The fourth-order valence-corrected chi connectivity index (χ4v) is 2.09. The van der Waals surface area contributed by atoms with E-state index in [1.165, 1.54) is 24.1 Å². The minimum Gasteiger partial charge on any atom is -0.309 e. The highest BCUT2D eigenvalue weighted by atomic mass is 35.5. The molecule has 0 unspecified atom stereocenters. The number of thiol groups is 1. The first-order valence-corrected chi connectivity index (χ1v) is 6.34. The van der Waals surface area contributed by atoms with Crippen LogP contribution >= 0.6 is 24.2 Å². The molecule has 0 heterocycles. The summed E-state index contributed by atoms with van der Waals surface area (Å²) in [5.74, 6) is -0.845. The van der Waals surface area contributed by atoms with Crippen LogP contribution < -0.4 is 4.90 Å². The zero-order valence-electron chi connectivity index (χ0n) is 10.1. The van der Waals surface area contributed by atoms with Crippen molar-refractivity contribution >= 4 is 35.8 Å². The Morgan fingerprint density at radius 3 is 2.63 bits per heavy atom. The third-order valence-electron chi connectivity index (χ3n) is 2.70. The molecule has 0 atom stereocenters. The highest BCUT2D eigenvalue weighted by Crippen LogP contribution is 2.24. The van der Waals surface area contributed by atoms with E-state index < -0.39 is 5.82 Å². The van der Waals surface area contributed by atoms with Crippen LogP contribution in [0, 0.1) is 5.82 Å². The van der Waals surface area contributed by atoms with E-state index in [0.29, 0.717) is 15.5 Å². The third kappa shape index (κ3) is 2.91. The number of halogens is 2. The van der Waals surface area contributed by atoms with Gasteiger partial charge in [-0.1, -0.05) is 23.7 Å². The lowest BCUT2D eigenvalue weighted by atomic mass is 10.2. The van der Waals surface area contributed by atoms with Crippen molar-refractivity contribution < 1.29 is 9.18 Å². The van der Waals surface area contributed by atoms with Crippen LogP contribution in [0.4, 0.5) is 10.1 Å². The second-order valence-corrected chi connectivity index (χ2v) is 4.90. The SMILES string of the molecule is CN(C(=O)c1cc(S)ccc1Cl)c1ccccc1F. The number of amides is 1. The molecule has 0 bridgehead atoms. The van der Waals surface area contributed by atoms with Gasteiger partial charge >= 0.3 is 0 Å². The molecule has 0 aliphatic heterocycles. The molecule has 98 valence electrons. The molecule has 0 aromatic heterocycles. The van der Waals surface area contributed by atoms with E-state index in [9.17, 15) is 9.18 Å². The molecule has 1 amide bonds. The summed E-state index contributed by atoms with van der Waals surface area (Å²) in [4.78, 5) is 14.2. The van der Waals surface area contributed by atoms with E-state index >= 15 is 0 Å². The number of anilines is 1. The number of benzene rings is 2. The molecule has 0 aliphatic rings. The number of para-hydroxylation sites is 1. The van der Waals surface area contributed by atoms with E-state index in [0.717, 1.165) is 0 Å². The molecule has 2 aromatic carbocycles. The van der Waals surface area contributed by atoms with Gasteiger partial charge in [-0.25, -0.2) is 4.39 Å². The van der Waals surface area contributed by atoms with E-state index in [2.05, 4.69) is 12.6 Å². The third-order valence-corrected chi connectivity index (χ3v) is 3.31. The zero-order valence-corrected chi connectivity index (χ0v) is 11.8. The minimum atomic E-state index is -0.462. The lowest BCUT2D eigenvalue weighted by Crippen LogP contribution is -2.27. The molecule has 2 nitrogen and oxygen atoms in total. The summed E-state index contributed by atoms with van der Waals surface area (Å²) in [5, 5.41) is 0.311. The van der Waals surface area contributed by atoms with Crippen molar-refractivity contribution in [3.63, 3.8) is 0 Å². The average Bonchev–Trinajstić information content (AvgIpc) is 2.40. The quantitative estimate of drug-likeness (QED) is 0.829. The van der Waals surface area contributed by atoms with E-state index in [1.807, 2.05) is 0 Å². The molecule has 0 N–H and O–H groups in total. The first kappa shape index (κ1) is 13.9. The van der Waals surface area contributed by atoms with E-state index in [1.54, 1.807) is 30.3 Å². The number of hydrogen-bond donors (Lipinski definition) is 1. The molecule has 0 saturated carbocycles. The van der Waals surface area contributed by atoms with E-state index in [-0.39, 0.29) is 11.6 Å². The Balaban J connectivity index is 2.39.